The summed E-state index contributed by atoms with van der Waals surface area (Å²) in [4.78, 5) is 3.96. The van der Waals surface area contributed by atoms with Crippen LogP contribution in [-0.4, -0.2) is 16.7 Å². The second kappa shape index (κ2) is 4.02. The standard InChI is InChI=1S/C10H11N3O/c11-6-5-8-1-3-9(4-2-8)10-12-7-14-13-10/h1-4,7H,5-6,11H2. The van der Waals surface area contributed by atoms with Crippen molar-refractivity contribution >= 4 is 0 Å². The van der Waals surface area contributed by atoms with E-state index in [2.05, 4.69) is 14.7 Å². The Kier molecular flexibility index (Phi) is 2.55. The van der Waals surface area contributed by atoms with Crippen molar-refractivity contribution in [3.8, 4) is 11.4 Å². The average molecular weight is 189 g/mol. The lowest BCUT2D eigenvalue weighted by atomic mass is 10.1. The van der Waals surface area contributed by atoms with Gasteiger partial charge in [-0.2, -0.15) is 4.98 Å². The largest absolute Gasteiger partial charge is 0.342 e. The Balaban J connectivity index is 2.22. The Morgan fingerprint density at radius 1 is 1.21 bits per heavy atom. The van der Waals surface area contributed by atoms with Crippen LogP contribution in [0.15, 0.2) is 35.2 Å². The Bertz CT molecular complexity index is 380. The summed E-state index contributed by atoms with van der Waals surface area (Å²) in [5.74, 6) is 0.615. The smallest absolute Gasteiger partial charge is 0.214 e. The molecule has 0 aliphatic carbocycles. The Morgan fingerprint density at radius 2 is 2.00 bits per heavy atom. The van der Waals surface area contributed by atoms with E-state index in [0.717, 1.165) is 12.0 Å². The molecule has 1 aromatic carbocycles. The minimum absolute atomic E-state index is 0.615. The van der Waals surface area contributed by atoms with Crippen molar-refractivity contribution in [1.29, 1.82) is 0 Å². The molecule has 0 bridgehead atoms. The van der Waals surface area contributed by atoms with Gasteiger partial charge < -0.3 is 10.3 Å². The minimum atomic E-state index is 0.615. The molecule has 1 heterocycles. The lowest BCUT2D eigenvalue weighted by Gasteiger charge is -1.98. The third-order valence-corrected chi connectivity index (χ3v) is 2.01. The van der Waals surface area contributed by atoms with E-state index in [1.54, 1.807) is 0 Å². The molecule has 0 aliphatic heterocycles. The van der Waals surface area contributed by atoms with Gasteiger partial charge in [-0.1, -0.05) is 29.4 Å². The highest BCUT2D eigenvalue weighted by atomic mass is 16.5. The van der Waals surface area contributed by atoms with Gasteiger partial charge in [-0.05, 0) is 18.5 Å². The van der Waals surface area contributed by atoms with Gasteiger partial charge in [0.2, 0.25) is 12.2 Å². The number of hydrogen-bond acceptors (Lipinski definition) is 4. The summed E-state index contributed by atoms with van der Waals surface area (Å²) in [6, 6.07) is 7.99. The molecular formula is C10H11N3O. The van der Waals surface area contributed by atoms with Crippen LogP contribution in [0.1, 0.15) is 5.56 Å². The van der Waals surface area contributed by atoms with Crippen LogP contribution in [0.25, 0.3) is 11.4 Å². The molecule has 0 unspecified atom stereocenters. The molecule has 14 heavy (non-hydrogen) atoms. The SMILES string of the molecule is NCCc1ccc(-c2ncon2)cc1. The number of hydrogen-bond donors (Lipinski definition) is 1. The van der Waals surface area contributed by atoms with Crippen molar-refractivity contribution in [2.75, 3.05) is 6.54 Å². The van der Waals surface area contributed by atoms with E-state index in [0.29, 0.717) is 12.4 Å². The van der Waals surface area contributed by atoms with Gasteiger partial charge in [0, 0.05) is 5.56 Å². The van der Waals surface area contributed by atoms with Crippen LogP contribution >= 0.6 is 0 Å². The molecule has 0 radical (unpaired) electrons. The molecule has 0 amide bonds. The number of benzene rings is 1. The van der Waals surface area contributed by atoms with Gasteiger partial charge in [-0.3, -0.25) is 0 Å². The first-order valence-corrected chi connectivity index (χ1v) is 4.46. The van der Waals surface area contributed by atoms with Crippen molar-refractivity contribution < 1.29 is 4.52 Å². The van der Waals surface area contributed by atoms with Crippen LogP contribution in [0.5, 0.6) is 0 Å². The summed E-state index contributed by atoms with van der Waals surface area (Å²) < 4.78 is 4.67. The minimum Gasteiger partial charge on any atom is -0.342 e. The average Bonchev–Trinajstić information content (AvgIpc) is 2.72. The van der Waals surface area contributed by atoms with E-state index < -0.39 is 0 Å². The second-order valence-corrected chi connectivity index (χ2v) is 2.99. The van der Waals surface area contributed by atoms with Gasteiger partial charge >= 0.3 is 0 Å². The molecule has 2 N–H and O–H groups in total. The Labute approximate surface area is 81.7 Å². The molecule has 4 heteroatoms. The highest BCUT2D eigenvalue weighted by Gasteiger charge is 2.01. The first kappa shape index (κ1) is 8.90. The molecule has 0 spiro atoms. The molecule has 0 saturated heterocycles. The van der Waals surface area contributed by atoms with Gasteiger partial charge in [-0.25, -0.2) is 0 Å². The van der Waals surface area contributed by atoms with Crippen molar-refractivity contribution in [2.24, 2.45) is 5.73 Å². The third-order valence-electron chi connectivity index (χ3n) is 2.01. The van der Waals surface area contributed by atoms with Crippen LogP contribution in [0.4, 0.5) is 0 Å². The quantitative estimate of drug-likeness (QED) is 0.788. The van der Waals surface area contributed by atoms with E-state index in [1.807, 2.05) is 24.3 Å². The van der Waals surface area contributed by atoms with E-state index in [1.165, 1.54) is 12.0 Å². The molecule has 1 aromatic heterocycles. The molecule has 72 valence electrons. The predicted molar refractivity (Wildman–Crippen MR) is 52.5 cm³/mol. The molecular weight excluding hydrogens is 178 g/mol. The predicted octanol–water partition coefficient (Wildman–Crippen LogP) is 1.24. The third kappa shape index (κ3) is 1.80. The fourth-order valence-electron chi connectivity index (χ4n) is 1.28. The van der Waals surface area contributed by atoms with Crippen molar-refractivity contribution in [2.45, 2.75) is 6.42 Å². The van der Waals surface area contributed by atoms with Gasteiger partial charge in [-0.15, -0.1) is 0 Å². The van der Waals surface area contributed by atoms with E-state index in [-0.39, 0.29) is 0 Å². The van der Waals surface area contributed by atoms with Gasteiger partial charge in [0.25, 0.3) is 0 Å². The summed E-state index contributed by atoms with van der Waals surface area (Å²) in [6.07, 6.45) is 2.22. The first-order chi connectivity index (χ1) is 6.90. The Morgan fingerprint density at radius 3 is 2.57 bits per heavy atom. The number of nitrogens with two attached hydrogens (primary N) is 1. The summed E-state index contributed by atoms with van der Waals surface area (Å²) in [5, 5.41) is 3.75. The van der Waals surface area contributed by atoms with Gasteiger partial charge in [0.05, 0.1) is 0 Å². The zero-order valence-electron chi connectivity index (χ0n) is 7.68. The maximum Gasteiger partial charge on any atom is 0.214 e. The number of aromatic nitrogens is 2. The zero-order chi connectivity index (χ0) is 9.80. The number of rotatable bonds is 3. The summed E-state index contributed by atoms with van der Waals surface area (Å²) >= 11 is 0. The fraction of sp³-hybridized carbons (Fsp3) is 0.200. The number of nitrogens with zero attached hydrogens (tertiary/aromatic N) is 2. The van der Waals surface area contributed by atoms with E-state index in [9.17, 15) is 0 Å². The maximum atomic E-state index is 5.45. The van der Waals surface area contributed by atoms with Crippen LogP contribution in [0, 0.1) is 0 Å². The normalized spacial score (nSPS) is 10.4. The molecule has 0 fully saturated rings. The van der Waals surface area contributed by atoms with Crippen molar-refractivity contribution in [3.05, 3.63) is 36.2 Å². The van der Waals surface area contributed by atoms with E-state index in [4.69, 9.17) is 5.73 Å². The van der Waals surface area contributed by atoms with Crippen LogP contribution < -0.4 is 5.73 Å². The van der Waals surface area contributed by atoms with Gasteiger partial charge in [0.15, 0.2) is 0 Å². The summed E-state index contributed by atoms with van der Waals surface area (Å²) in [6.45, 7) is 0.668. The maximum absolute atomic E-state index is 5.45. The molecule has 0 aliphatic rings. The van der Waals surface area contributed by atoms with Crippen LogP contribution in [0.3, 0.4) is 0 Å². The lowest BCUT2D eigenvalue weighted by Crippen LogP contribution is -2.02. The molecule has 4 nitrogen and oxygen atoms in total. The summed E-state index contributed by atoms with van der Waals surface area (Å²) in [7, 11) is 0. The molecule has 0 saturated carbocycles. The molecule has 2 aromatic rings. The van der Waals surface area contributed by atoms with E-state index >= 15 is 0 Å². The first-order valence-electron chi connectivity index (χ1n) is 4.46. The van der Waals surface area contributed by atoms with Gasteiger partial charge in [0.1, 0.15) is 0 Å². The summed E-state index contributed by atoms with van der Waals surface area (Å²) in [5.41, 5.74) is 7.63. The zero-order valence-corrected chi connectivity index (χ0v) is 7.68. The Hall–Kier alpha value is -1.68. The monoisotopic (exact) mass is 189 g/mol. The molecule has 2 rings (SSSR count). The fourth-order valence-corrected chi connectivity index (χ4v) is 1.28. The molecule has 0 atom stereocenters. The highest BCUT2D eigenvalue weighted by Crippen LogP contribution is 2.14. The van der Waals surface area contributed by atoms with Crippen LogP contribution in [-0.2, 0) is 6.42 Å². The lowest BCUT2D eigenvalue weighted by molar-refractivity contribution is 0.419. The van der Waals surface area contributed by atoms with Crippen LogP contribution in [0.2, 0.25) is 0 Å². The highest BCUT2D eigenvalue weighted by molar-refractivity contribution is 5.54. The topological polar surface area (TPSA) is 64.9 Å². The second-order valence-electron chi connectivity index (χ2n) is 2.99. The van der Waals surface area contributed by atoms with Crippen molar-refractivity contribution in [3.63, 3.8) is 0 Å². The van der Waals surface area contributed by atoms with Crippen molar-refractivity contribution in [1.82, 2.24) is 10.1 Å².